The Morgan fingerprint density at radius 1 is 1.27 bits per heavy atom. The van der Waals surface area contributed by atoms with Crippen molar-refractivity contribution in [2.75, 3.05) is 11.9 Å². The third-order valence-electron chi connectivity index (χ3n) is 6.43. The highest BCUT2D eigenvalue weighted by Crippen LogP contribution is 2.30. The predicted molar refractivity (Wildman–Crippen MR) is 136 cm³/mol. The van der Waals surface area contributed by atoms with Gasteiger partial charge >= 0.3 is 0 Å². The van der Waals surface area contributed by atoms with Crippen molar-refractivity contribution in [3.63, 3.8) is 0 Å². The number of rotatable bonds is 9. The Morgan fingerprint density at radius 2 is 2.03 bits per heavy atom. The average Bonchev–Trinajstić information content (AvgIpc) is 3.28. The van der Waals surface area contributed by atoms with Crippen LogP contribution in [0.25, 0.3) is 16.9 Å². The van der Waals surface area contributed by atoms with Crippen LogP contribution in [0.3, 0.4) is 0 Å². The molecule has 37 heavy (non-hydrogen) atoms. The molecule has 3 aromatic rings. The molecule has 1 atom stereocenters. The Balaban J connectivity index is 1.59. The zero-order chi connectivity index (χ0) is 26.7. The molecule has 3 heterocycles. The fourth-order valence-corrected chi connectivity index (χ4v) is 4.08. The van der Waals surface area contributed by atoms with Crippen LogP contribution in [0.5, 0.6) is 0 Å². The summed E-state index contributed by atoms with van der Waals surface area (Å²) in [6.07, 6.45) is 3.05. The van der Waals surface area contributed by atoms with E-state index in [9.17, 15) is 19.1 Å². The number of carbonyl (C=O) groups is 2. The van der Waals surface area contributed by atoms with Crippen LogP contribution in [0.4, 0.5) is 10.1 Å². The third-order valence-corrected chi connectivity index (χ3v) is 6.43. The second kappa shape index (κ2) is 10.5. The highest BCUT2D eigenvalue weighted by atomic mass is 19.1. The van der Waals surface area contributed by atoms with E-state index in [-0.39, 0.29) is 30.1 Å². The van der Waals surface area contributed by atoms with E-state index >= 15 is 0 Å². The smallest absolute Gasteiger partial charge is 0.255 e. The van der Waals surface area contributed by atoms with Gasteiger partial charge < -0.3 is 21.1 Å². The van der Waals surface area contributed by atoms with Gasteiger partial charge in [-0.3, -0.25) is 14.6 Å². The van der Waals surface area contributed by atoms with Gasteiger partial charge in [-0.25, -0.2) is 8.91 Å². The molecule has 1 aliphatic rings. The number of hydrogen-bond donors (Lipinski definition) is 4. The largest absolute Gasteiger partial charge is 0.387 e. The molecule has 11 heteroatoms. The van der Waals surface area contributed by atoms with Gasteiger partial charge in [-0.05, 0) is 51.0 Å². The number of hydrogen-bond acceptors (Lipinski definition) is 7. The molecule has 1 aliphatic carbocycles. The normalized spacial score (nSPS) is 17.9. The van der Waals surface area contributed by atoms with Crippen LogP contribution in [0, 0.1) is 11.3 Å². The van der Waals surface area contributed by atoms with Gasteiger partial charge in [0.05, 0.1) is 52.1 Å². The summed E-state index contributed by atoms with van der Waals surface area (Å²) in [5.74, 6) is -0.533. The maximum atomic E-state index is 14.2. The molecule has 0 unspecified atom stereocenters. The van der Waals surface area contributed by atoms with Crippen molar-refractivity contribution in [3.05, 3.63) is 47.8 Å². The van der Waals surface area contributed by atoms with Gasteiger partial charge in [-0.15, -0.1) is 0 Å². The van der Waals surface area contributed by atoms with E-state index in [1.54, 1.807) is 23.6 Å². The average molecular weight is 508 g/mol. The number of aliphatic hydroxyl groups is 1. The lowest BCUT2D eigenvalue weighted by atomic mass is 9.86. The number of nitrogens with zero attached hydrogens (tertiary/aromatic N) is 4. The molecular weight excluding hydrogens is 477 g/mol. The van der Waals surface area contributed by atoms with Gasteiger partial charge in [0.15, 0.2) is 0 Å². The minimum atomic E-state index is -1.65. The Hall–Kier alpha value is -4.04. The first-order valence-corrected chi connectivity index (χ1v) is 12.2. The van der Waals surface area contributed by atoms with Gasteiger partial charge in [-0.2, -0.15) is 10.4 Å². The summed E-state index contributed by atoms with van der Waals surface area (Å²) >= 11 is 0. The number of aromatic nitrogens is 3. The van der Waals surface area contributed by atoms with Gasteiger partial charge in [0, 0.05) is 24.7 Å². The summed E-state index contributed by atoms with van der Waals surface area (Å²) in [4.78, 5) is 29.1. The molecule has 0 radical (unpaired) electrons. The Labute approximate surface area is 213 Å². The third kappa shape index (κ3) is 5.86. The van der Waals surface area contributed by atoms with Gasteiger partial charge in [0.25, 0.3) is 5.91 Å². The molecule has 1 saturated carbocycles. The second-order valence-electron chi connectivity index (χ2n) is 9.79. The summed E-state index contributed by atoms with van der Waals surface area (Å²) in [5.41, 5.74) is 1.53. The molecular formula is C26H30FN7O3. The standard InChI is InChI=1S/C26H30FN7O3/c1-4-24(35)33-17-8-16(9-17)32-20-10-21(22-6-5-18-7-15(11-28)12-31-34(18)22)29-13-19(20)25(36)30-14-23(27)26(2,3)37/h5-7,10,12-13,16-17,23,37H,4,8-9,14H2,1-3H3,(H,29,32)(H,30,36)(H,33,35)/t16-,17-,23-/m1/s1. The topological polar surface area (TPSA) is 144 Å². The predicted octanol–water partition coefficient (Wildman–Crippen LogP) is 2.58. The van der Waals surface area contributed by atoms with E-state index in [1.165, 1.54) is 26.2 Å². The number of alkyl halides is 1. The zero-order valence-corrected chi connectivity index (χ0v) is 21.0. The lowest BCUT2D eigenvalue weighted by molar-refractivity contribution is -0.122. The van der Waals surface area contributed by atoms with Crippen molar-refractivity contribution in [3.8, 4) is 17.5 Å². The maximum Gasteiger partial charge on any atom is 0.255 e. The number of amides is 2. The van der Waals surface area contributed by atoms with Crippen molar-refractivity contribution >= 4 is 23.0 Å². The van der Waals surface area contributed by atoms with Crippen LogP contribution < -0.4 is 16.0 Å². The SMILES string of the molecule is CCC(=O)N[C@H]1C[C@H](Nc2cc(-c3ccc4cc(C#N)cnn34)ncc2C(=O)NC[C@@H](F)C(C)(C)O)C1. The first-order chi connectivity index (χ1) is 17.6. The molecule has 4 N–H and O–H groups in total. The van der Waals surface area contributed by atoms with Crippen LogP contribution >= 0.6 is 0 Å². The molecule has 2 amide bonds. The quantitative estimate of drug-likeness (QED) is 0.348. The summed E-state index contributed by atoms with van der Waals surface area (Å²) in [6, 6.07) is 9.25. The molecule has 194 valence electrons. The van der Waals surface area contributed by atoms with E-state index in [0.29, 0.717) is 41.9 Å². The fourth-order valence-electron chi connectivity index (χ4n) is 4.08. The molecule has 0 bridgehead atoms. The number of fused-ring (bicyclic) bond motifs is 1. The van der Waals surface area contributed by atoms with E-state index in [2.05, 4.69) is 32.1 Å². The minimum Gasteiger partial charge on any atom is -0.387 e. The van der Waals surface area contributed by atoms with Crippen LogP contribution in [0.1, 0.15) is 56.0 Å². The molecule has 3 aromatic heterocycles. The first kappa shape index (κ1) is 26.0. The summed E-state index contributed by atoms with van der Waals surface area (Å²) in [5, 5.41) is 32.2. The summed E-state index contributed by atoms with van der Waals surface area (Å²) in [6.45, 7) is 4.13. The highest BCUT2D eigenvalue weighted by Gasteiger charge is 2.31. The lowest BCUT2D eigenvalue weighted by Gasteiger charge is -2.37. The minimum absolute atomic E-state index is 0.00513. The molecule has 0 saturated heterocycles. The van der Waals surface area contributed by atoms with E-state index < -0.39 is 17.7 Å². The number of nitrogens with one attached hydrogen (secondary N) is 3. The van der Waals surface area contributed by atoms with Crippen LogP contribution in [0.15, 0.2) is 36.7 Å². The number of halogens is 1. The van der Waals surface area contributed by atoms with Crippen molar-refractivity contribution in [2.24, 2.45) is 0 Å². The number of pyridine rings is 1. The maximum absolute atomic E-state index is 14.2. The van der Waals surface area contributed by atoms with E-state index in [1.807, 2.05) is 12.1 Å². The molecule has 0 aromatic carbocycles. The Kier molecular flexibility index (Phi) is 7.40. The van der Waals surface area contributed by atoms with Gasteiger partial charge in [-0.1, -0.05) is 6.92 Å². The Morgan fingerprint density at radius 3 is 2.70 bits per heavy atom. The first-order valence-electron chi connectivity index (χ1n) is 12.2. The molecule has 0 aliphatic heterocycles. The highest BCUT2D eigenvalue weighted by molar-refractivity contribution is 6.00. The van der Waals surface area contributed by atoms with Crippen molar-refractivity contribution in [1.82, 2.24) is 25.2 Å². The number of carbonyl (C=O) groups excluding carboxylic acids is 2. The molecule has 4 rings (SSSR count). The molecule has 1 fully saturated rings. The van der Waals surface area contributed by atoms with Gasteiger partial charge in [0.1, 0.15) is 12.2 Å². The Bertz CT molecular complexity index is 1350. The van der Waals surface area contributed by atoms with Crippen molar-refractivity contribution < 1.29 is 19.1 Å². The van der Waals surface area contributed by atoms with Crippen molar-refractivity contribution in [2.45, 2.75) is 63.9 Å². The number of nitriles is 1. The lowest BCUT2D eigenvalue weighted by Crippen LogP contribution is -2.49. The number of anilines is 1. The zero-order valence-electron chi connectivity index (χ0n) is 21.0. The van der Waals surface area contributed by atoms with Crippen LogP contribution in [0.2, 0.25) is 0 Å². The second-order valence-corrected chi connectivity index (χ2v) is 9.79. The summed E-state index contributed by atoms with van der Waals surface area (Å²) in [7, 11) is 0. The molecule has 10 nitrogen and oxygen atoms in total. The monoisotopic (exact) mass is 507 g/mol. The molecule has 0 spiro atoms. The van der Waals surface area contributed by atoms with Crippen LogP contribution in [-0.4, -0.2) is 61.9 Å². The van der Waals surface area contributed by atoms with Crippen molar-refractivity contribution in [1.29, 1.82) is 5.26 Å². The van der Waals surface area contributed by atoms with E-state index in [0.717, 1.165) is 5.52 Å². The van der Waals surface area contributed by atoms with Crippen LogP contribution in [-0.2, 0) is 4.79 Å². The van der Waals surface area contributed by atoms with E-state index in [4.69, 9.17) is 5.26 Å². The fraction of sp³-hybridized carbons (Fsp3) is 0.423. The summed E-state index contributed by atoms with van der Waals surface area (Å²) < 4.78 is 15.9. The van der Waals surface area contributed by atoms with Gasteiger partial charge in [0.2, 0.25) is 5.91 Å².